The molecule has 0 aromatic rings. The van der Waals surface area contributed by atoms with Gasteiger partial charge in [-0.15, -0.1) is 6.58 Å². The Morgan fingerprint density at radius 2 is 1.40 bits per heavy atom. The van der Waals surface area contributed by atoms with Crippen LogP contribution < -0.4 is 5.73 Å². The van der Waals surface area contributed by atoms with Gasteiger partial charge in [0.1, 0.15) is 0 Å². The molecule has 0 aliphatic heterocycles. The quantitative estimate of drug-likeness (QED) is 0.398. The van der Waals surface area contributed by atoms with Crippen LogP contribution in [0.15, 0.2) is 12.7 Å². The Hall–Kier alpha value is -0.300. The van der Waals surface area contributed by atoms with Crippen molar-refractivity contribution in [2.75, 3.05) is 0 Å². The molecule has 2 N–H and O–H groups in total. The molecule has 0 radical (unpaired) electrons. The summed E-state index contributed by atoms with van der Waals surface area (Å²) >= 11 is 0. The lowest BCUT2D eigenvalue weighted by molar-refractivity contribution is -0.227. The highest BCUT2D eigenvalue weighted by Crippen LogP contribution is 2.75. The Balaban J connectivity index is 0.000000687. The molecule has 6 unspecified atom stereocenters. The summed E-state index contributed by atoms with van der Waals surface area (Å²) in [6.07, 6.45) is 18.9. The highest BCUT2D eigenvalue weighted by Gasteiger charge is 2.68. The number of hydrogen-bond acceptors (Lipinski definition) is 1. The fraction of sp³-hybridized carbons (Fsp3) is 0.931. The van der Waals surface area contributed by atoms with Crippen LogP contribution in [0.5, 0.6) is 0 Å². The van der Waals surface area contributed by atoms with E-state index in [1.54, 1.807) is 6.08 Å². The maximum Gasteiger partial charge on any atom is 0.0185 e. The zero-order valence-corrected chi connectivity index (χ0v) is 21.2. The van der Waals surface area contributed by atoms with E-state index >= 15 is 0 Å². The van der Waals surface area contributed by atoms with E-state index in [0.29, 0.717) is 21.7 Å². The first-order chi connectivity index (χ1) is 14.0. The van der Waals surface area contributed by atoms with Crippen molar-refractivity contribution in [3.8, 4) is 0 Å². The van der Waals surface area contributed by atoms with Gasteiger partial charge in [-0.3, -0.25) is 0 Å². The molecule has 0 aromatic carbocycles. The molecule has 5 aliphatic carbocycles. The van der Waals surface area contributed by atoms with Crippen LogP contribution in [0, 0.1) is 45.3 Å². The molecule has 1 nitrogen and oxygen atoms in total. The summed E-state index contributed by atoms with van der Waals surface area (Å²) in [7, 11) is 0. The molecule has 5 fully saturated rings. The van der Waals surface area contributed by atoms with Crippen molar-refractivity contribution in [3.05, 3.63) is 12.7 Å². The lowest BCUT2D eigenvalue weighted by atomic mass is 9.33. The second-order valence-electron chi connectivity index (χ2n) is 13.7. The standard InChI is InChI=1S/C26H45N.C3H6/c1-22(2)12-7-13-23(3)20(22)11-15-25(5)21(23)10-9-18-19-8-6-14-26(19,27)17-16-24(18,25)4;1-3-2/h18-21H,6-17,27H2,1-5H3;3H,1H2,2H3/t18?,19-,20?,21?,23?,24-,25?,26?;/m1./s1. The Kier molecular flexibility index (Phi) is 5.61. The lowest BCUT2D eigenvalue weighted by Crippen LogP contribution is -2.66. The van der Waals surface area contributed by atoms with Crippen molar-refractivity contribution >= 4 is 0 Å². The second kappa shape index (κ2) is 7.36. The molecule has 0 spiro atoms. The predicted molar refractivity (Wildman–Crippen MR) is 130 cm³/mol. The average molecular weight is 414 g/mol. The summed E-state index contributed by atoms with van der Waals surface area (Å²) in [6, 6.07) is 0. The van der Waals surface area contributed by atoms with E-state index < -0.39 is 0 Å². The van der Waals surface area contributed by atoms with Gasteiger partial charge in [-0.25, -0.2) is 0 Å². The van der Waals surface area contributed by atoms with Gasteiger partial charge in [0.25, 0.3) is 0 Å². The fourth-order valence-corrected chi connectivity index (χ4v) is 10.7. The van der Waals surface area contributed by atoms with Crippen LogP contribution in [0.2, 0.25) is 0 Å². The minimum Gasteiger partial charge on any atom is -0.325 e. The Labute approximate surface area is 188 Å². The number of hydrogen-bond donors (Lipinski definition) is 1. The minimum absolute atomic E-state index is 0.196. The highest BCUT2D eigenvalue weighted by atomic mass is 14.8. The summed E-state index contributed by atoms with van der Waals surface area (Å²) in [5.41, 5.74) is 9.41. The smallest absolute Gasteiger partial charge is 0.0185 e. The van der Waals surface area contributed by atoms with Gasteiger partial charge in [0.05, 0.1) is 0 Å². The normalized spacial score (nSPS) is 53.8. The monoisotopic (exact) mass is 413 g/mol. The van der Waals surface area contributed by atoms with Gasteiger partial charge in [0.15, 0.2) is 0 Å². The largest absolute Gasteiger partial charge is 0.325 e. The number of nitrogens with two attached hydrogens (primary N) is 1. The molecule has 1 heteroatoms. The molecule has 0 bridgehead atoms. The molecule has 0 amide bonds. The van der Waals surface area contributed by atoms with E-state index in [4.69, 9.17) is 5.73 Å². The van der Waals surface area contributed by atoms with Crippen molar-refractivity contribution in [2.45, 2.75) is 124 Å². The first-order valence-corrected chi connectivity index (χ1v) is 13.3. The third-order valence-electron chi connectivity index (χ3n) is 12.2. The summed E-state index contributed by atoms with van der Waals surface area (Å²) in [5, 5.41) is 0. The summed E-state index contributed by atoms with van der Waals surface area (Å²) in [6.45, 7) is 18.7. The second-order valence-corrected chi connectivity index (χ2v) is 13.7. The van der Waals surface area contributed by atoms with E-state index in [1.165, 1.54) is 77.0 Å². The van der Waals surface area contributed by atoms with Crippen LogP contribution in [-0.2, 0) is 0 Å². The van der Waals surface area contributed by atoms with Crippen LogP contribution in [0.1, 0.15) is 119 Å². The number of rotatable bonds is 0. The highest BCUT2D eigenvalue weighted by molar-refractivity contribution is 5.19. The number of allylic oxidation sites excluding steroid dienone is 1. The van der Waals surface area contributed by atoms with Crippen LogP contribution in [0.25, 0.3) is 0 Å². The molecule has 5 aliphatic rings. The van der Waals surface area contributed by atoms with Crippen molar-refractivity contribution in [1.82, 2.24) is 0 Å². The van der Waals surface area contributed by atoms with Gasteiger partial charge in [-0.05, 0) is 116 Å². The van der Waals surface area contributed by atoms with Gasteiger partial charge >= 0.3 is 0 Å². The maximum atomic E-state index is 7.01. The van der Waals surface area contributed by atoms with Crippen molar-refractivity contribution < 1.29 is 0 Å². The summed E-state index contributed by atoms with van der Waals surface area (Å²) in [4.78, 5) is 0. The van der Waals surface area contributed by atoms with E-state index in [9.17, 15) is 0 Å². The van der Waals surface area contributed by atoms with Gasteiger partial charge in [-0.2, -0.15) is 0 Å². The Bertz CT molecular complexity index is 665. The van der Waals surface area contributed by atoms with Crippen LogP contribution in [0.3, 0.4) is 0 Å². The third kappa shape index (κ3) is 2.96. The molecule has 0 heterocycles. The lowest BCUT2D eigenvalue weighted by Gasteiger charge is -2.72. The van der Waals surface area contributed by atoms with Crippen molar-refractivity contribution in [1.29, 1.82) is 0 Å². The first kappa shape index (κ1) is 22.9. The fourth-order valence-electron chi connectivity index (χ4n) is 10.7. The predicted octanol–water partition coefficient (Wildman–Crippen LogP) is 8.14. The van der Waals surface area contributed by atoms with Gasteiger partial charge in [0.2, 0.25) is 0 Å². The number of fused-ring (bicyclic) bond motifs is 7. The molecule has 5 saturated carbocycles. The third-order valence-corrected chi connectivity index (χ3v) is 12.2. The Morgan fingerprint density at radius 1 is 0.700 bits per heavy atom. The van der Waals surface area contributed by atoms with Crippen LogP contribution in [0.4, 0.5) is 0 Å². The zero-order valence-electron chi connectivity index (χ0n) is 21.2. The van der Waals surface area contributed by atoms with Gasteiger partial charge in [-0.1, -0.05) is 53.5 Å². The average Bonchev–Trinajstić information content (AvgIpc) is 3.04. The van der Waals surface area contributed by atoms with E-state index in [0.717, 1.165) is 23.7 Å². The zero-order chi connectivity index (χ0) is 22.0. The molecule has 5 rings (SSSR count). The summed E-state index contributed by atoms with van der Waals surface area (Å²) in [5.74, 6) is 3.61. The van der Waals surface area contributed by atoms with Crippen molar-refractivity contribution in [3.63, 3.8) is 0 Å². The van der Waals surface area contributed by atoms with Gasteiger partial charge < -0.3 is 5.73 Å². The molecule has 0 aromatic heterocycles. The van der Waals surface area contributed by atoms with E-state index in [2.05, 4.69) is 41.2 Å². The molecule has 8 atom stereocenters. The molecular weight excluding hydrogens is 362 g/mol. The summed E-state index contributed by atoms with van der Waals surface area (Å²) < 4.78 is 0. The first-order valence-electron chi connectivity index (χ1n) is 13.3. The Morgan fingerprint density at radius 3 is 2.10 bits per heavy atom. The van der Waals surface area contributed by atoms with E-state index in [-0.39, 0.29) is 5.54 Å². The van der Waals surface area contributed by atoms with Crippen molar-refractivity contribution in [2.24, 2.45) is 51.1 Å². The molecular formula is C29H51N. The molecule has 0 saturated heterocycles. The molecule has 172 valence electrons. The minimum atomic E-state index is 0.196. The SMILES string of the molecule is C=CC.CC1(C)CCCC2(C)C1CCC1(C)C2CCC2[C@H]3CCCC3(N)CC[C@]21C. The molecule has 30 heavy (non-hydrogen) atoms. The van der Waals surface area contributed by atoms with Crippen LogP contribution >= 0.6 is 0 Å². The van der Waals surface area contributed by atoms with Gasteiger partial charge in [0, 0.05) is 5.54 Å². The van der Waals surface area contributed by atoms with Crippen LogP contribution in [-0.4, -0.2) is 5.54 Å². The topological polar surface area (TPSA) is 26.0 Å². The maximum absolute atomic E-state index is 7.01. The van der Waals surface area contributed by atoms with E-state index in [1.807, 2.05) is 6.92 Å².